The molecule has 140 valence electrons. The Hall–Kier alpha value is -3.14. The molecular formula is C23H24O4. The Bertz CT molecular complexity index is 913. The zero-order chi connectivity index (χ0) is 19.4. The maximum absolute atomic E-state index is 11.0. The van der Waals surface area contributed by atoms with Gasteiger partial charge in [-0.05, 0) is 59.0 Å². The van der Waals surface area contributed by atoms with E-state index in [1.165, 1.54) is 0 Å². The number of methoxy groups -OCH3 is 3. The molecular weight excluding hydrogens is 340 g/mol. The van der Waals surface area contributed by atoms with Gasteiger partial charge in [0.05, 0.1) is 21.3 Å². The van der Waals surface area contributed by atoms with Crippen molar-refractivity contribution in [2.45, 2.75) is 13.3 Å². The van der Waals surface area contributed by atoms with E-state index in [2.05, 4.69) is 6.07 Å². The minimum Gasteiger partial charge on any atom is -0.504 e. The fourth-order valence-corrected chi connectivity index (χ4v) is 3.24. The third kappa shape index (κ3) is 3.56. The molecule has 0 aliphatic heterocycles. The van der Waals surface area contributed by atoms with Crippen LogP contribution in [0, 0.1) is 0 Å². The van der Waals surface area contributed by atoms with E-state index in [1.807, 2.05) is 55.5 Å². The van der Waals surface area contributed by atoms with E-state index in [0.717, 1.165) is 45.7 Å². The molecule has 0 aromatic heterocycles. The van der Waals surface area contributed by atoms with Crippen molar-refractivity contribution in [3.63, 3.8) is 0 Å². The van der Waals surface area contributed by atoms with Crippen LogP contribution in [0.15, 0.2) is 54.6 Å². The van der Waals surface area contributed by atoms with Crippen LogP contribution < -0.4 is 14.2 Å². The lowest BCUT2D eigenvalue weighted by Crippen LogP contribution is -1.96. The van der Waals surface area contributed by atoms with Crippen molar-refractivity contribution in [1.29, 1.82) is 0 Å². The highest BCUT2D eigenvalue weighted by Crippen LogP contribution is 2.46. The van der Waals surface area contributed by atoms with E-state index >= 15 is 0 Å². The van der Waals surface area contributed by atoms with Gasteiger partial charge in [-0.2, -0.15) is 0 Å². The van der Waals surface area contributed by atoms with Crippen LogP contribution in [0.25, 0.3) is 22.3 Å². The molecule has 4 nitrogen and oxygen atoms in total. The molecule has 1 N–H and O–H groups in total. The van der Waals surface area contributed by atoms with Crippen LogP contribution in [-0.2, 0) is 6.42 Å². The Morgan fingerprint density at radius 3 is 1.70 bits per heavy atom. The summed E-state index contributed by atoms with van der Waals surface area (Å²) in [4.78, 5) is 0. The molecule has 0 radical (unpaired) electrons. The van der Waals surface area contributed by atoms with Crippen molar-refractivity contribution in [3.8, 4) is 45.3 Å². The summed E-state index contributed by atoms with van der Waals surface area (Å²) >= 11 is 0. The summed E-state index contributed by atoms with van der Waals surface area (Å²) in [5.74, 6) is 2.22. The minimum atomic E-state index is 0.146. The van der Waals surface area contributed by atoms with Gasteiger partial charge in [0.1, 0.15) is 11.5 Å². The first-order valence-electron chi connectivity index (χ1n) is 8.84. The van der Waals surface area contributed by atoms with Gasteiger partial charge in [-0.1, -0.05) is 31.2 Å². The zero-order valence-electron chi connectivity index (χ0n) is 16.1. The van der Waals surface area contributed by atoms with Gasteiger partial charge in [0.25, 0.3) is 0 Å². The van der Waals surface area contributed by atoms with Crippen molar-refractivity contribution in [2.75, 3.05) is 21.3 Å². The van der Waals surface area contributed by atoms with Gasteiger partial charge in [0.2, 0.25) is 0 Å². The standard InChI is InChI=1S/C23H24O4/c1-5-15-14-20(16-6-10-18(25-2)11-7-16)21(22(24)23(15)27-4)17-8-12-19(26-3)13-9-17/h6-14,24H,5H2,1-4H3. The SMILES string of the molecule is CCc1cc(-c2ccc(OC)cc2)c(-c2ccc(OC)cc2)c(O)c1OC. The van der Waals surface area contributed by atoms with Crippen molar-refractivity contribution in [2.24, 2.45) is 0 Å². The molecule has 0 bridgehead atoms. The van der Waals surface area contributed by atoms with Crippen LogP contribution in [0.3, 0.4) is 0 Å². The normalized spacial score (nSPS) is 10.5. The molecule has 0 heterocycles. The highest BCUT2D eigenvalue weighted by molar-refractivity contribution is 5.90. The van der Waals surface area contributed by atoms with E-state index in [1.54, 1.807) is 21.3 Å². The third-order valence-corrected chi connectivity index (χ3v) is 4.70. The minimum absolute atomic E-state index is 0.146. The monoisotopic (exact) mass is 364 g/mol. The first kappa shape index (κ1) is 18.6. The van der Waals surface area contributed by atoms with Crippen molar-refractivity contribution < 1.29 is 19.3 Å². The highest BCUT2D eigenvalue weighted by atomic mass is 16.5. The largest absolute Gasteiger partial charge is 0.504 e. The summed E-state index contributed by atoms with van der Waals surface area (Å²) in [6.07, 6.45) is 0.753. The molecule has 4 heteroatoms. The second kappa shape index (κ2) is 8.04. The fourth-order valence-electron chi connectivity index (χ4n) is 3.24. The first-order chi connectivity index (χ1) is 13.1. The Morgan fingerprint density at radius 2 is 1.26 bits per heavy atom. The first-order valence-corrected chi connectivity index (χ1v) is 8.84. The number of aryl methyl sites for hydroxylation is 1. The molecule has 0 saturated heterocycles. The summed E-state index contributed by atoms with van der Waals surface area (Å²) in [5, 5.41) is 11.0. The fraction of sp³-hybridized carbons (Fsp3) is 0.217. The van der Waals surface area contributed by atoms with Crippen LogP contribution in [0.5, 0.6) is 23.0 Å². The Kier molecular flexibility index (Phi) is 5.55. The summed E-state index contributed by atoms with van der Waals surface area (Å²) in [7, 11) is 4.86. The van der Waals surface area contributed by atoms with Gasteiger partial charge in [0.15, 0.2) is 11.5 Å². The third-order valence-electron chi connectivity index (χ3n) is 4.70. The van der Waals surface area contributed by atoms with Crippen LogP contribution in [0.2, 0.25) is 0 Å². The summed E-state index contributed by atoms with van der Waals surface area (Å²) in [6, 6.07) is 17.5. The number of benzene rings is 3. The van der Waals surface area contributed by atoms with E-state index in [4.69, 9.17) is 14.2 Å². The van der Waals surface area contributed by atoms with E-state index in [9.17, 15) is 5.11 Å². The molecule has 0 atom stereocenters. The number of hydrogen-bond donors (Lipinski definition) is 1. The maximum atomic E-state index is 11.0. The molecule has 0 aliphatic carbocycles. The molecule has 0 aliphatic rings. The molecule has 3 aromatic rings. The van der Waals surface area contributed by atoms with Crippen LogP contribution in [-0.4, -0.2) is 26.4 Å². The summed E-state index contributed by atoms with van der Waals surface area (Å²) in [6.45, 7) is 2.04. The molecule has 0 unspecified atom stereocenters. The topological polar surface area (TPSA) is 47.9 Å². The van der Waals surface area contributed by atoms with Gasteiger partial charge in [-0.3, -0.25) is 0 Å². The van der Waals surface area contributed by atoms with Crippen LogP contribution in [0.4, 0.5) is 0 Å². The number of ether oxygens (including phenoxy) is 3. The Morgan fingerprint density at radius 1 is 0.741 bits per heavy atom. The van der Waals surface area contributed by atoms with Crippen LogP contribution in [0.1, 0.15) is 12.5 Å². The molecule has 0 spiro atoms. The average Bonchev–Trinajstić information content (AvgIpc) is 2.73. The van der Waals surface area contributed by atoms with E-state index < -0.39 is 0 Å². The predicted octanol–water partition coefficient (Wildman–Crippen LogP) is 5.31. The zero-order valence-corrected chi connectivity index (χ0v) is 16.1. The maximum Gasteiger partial charge on any atom is 0.166 e. The van der Waals surface area contributed by atoms with Gasteiger partial charge in [0, 0.05) is 5.56 Å². The molecule has 0 fully saturated rings. The lowest BCUT2D eigenvalue weighted by Gasteiger charge is -2.18. The summed E-state index contributed by atoms with van der Waals surface area (Å²) < 4.78 is 16.0. The average molecular weight is 364 g/mol. The number of hydrogen-bond acceptors (Lipinski definition) is 4. The number of rotatable bonds is 6. The van der Waals surface area contributed by atoms with Gasteiger partial charge >= 0.3 is 0 Å². The van der Waals surface area contributed by atoms with E-state index in [0.29, 0.717) is 5.75 Å². The van der Waals surface area contributed by atoms with Crippen molar-refractivity contribution >= 4 is 0 Å². The summed E-state index contributed by atoms with van der Waals surface area (Å²) in [5.41, 5.74) is 4.52. The van der Waals surface area contributed by atoms with Gasteiger partial charge in [-0.15, -0.1) is 0 Å². The number of phenolic OH excluding ortho intramolecular Hbond substituents is 1. The molecule has 3 rings (SSSR count). The number of phenols is 1. The molecule has 27 heavy (non-hydrogen) atoms. The highest BCUT2D eigenvalue weighted by Gasteiger charge is 2.20. The van der Waals surface area contributed by atoms with E-state index in [-0.39, 0.29) is 5.75 Å². The Labute approximate surface area is 160 Å². The molecule has 3 aromatic carbocycles. The smallest absolute Gasteiger partial charge is 0.166 e. The van der Waals surface area contributed by atoms with Crippen molar-refractivity contribution in [3.05, 3.63) is 60.2 Å². The lowest BCUT2D eigenvalue weighted by atomic mass is 9.90. The molecule has 0 amide bonds. The second-order valence-corrected chi connectivity index (χ2v) is 6.15. The number of aromatic hydroxyl groups is 1. The van der Waals surface area contributed by atoms with Gasteiger partial charge < -0.3 is 19.3 Å². The lowest BCUT2D eigenvalue weighted by molar-refractivity contribution is 0.371. The quantitative estimate of drug-likeness (QED) is 0.643. The van der Waals surface area contributed by atoms with Gasteiger partial charge in [-0.25, -0.2) is 0 Å². The second-order valence-electron chi connectivity index (χ2n) is 6.15. The predicted molar refractivity (Wildman–Crippen MR) is 108 cm³/mol. The van der Waals surface area contributed by atoms with Crippen LogP contribution >= 0.6 is 0 Å². The van der Waals surface area contributed by atoms with Crippen molar-refractivity contribution in [1.82, 2.24) is 0 Å². The Balaban J connectivity index is 2.26. The molecule has 0 saturated carbocycles.